The number of halogens is 3. The van der Waals surface area contributed by atoms with E-state index in [1.54, 1.807) is 0 Å². The Morgan fingerprint density at radius 2 is 1.62 bits per heavy atom. The maximum Gasteiger partial charge on any atom is 0.389 e. The van der Waals surface area contributed by atoms with Crippen molar-refractivity contribution in [3.8, 4) is 0 Å². The van der Waals surface area contributed by atoms with Gasteiger partial charge >= 0.3 is 6.18 Å². The summed E-state index contributed by atoms with van der Waals surface area (Å²) in [6.07, 6.45) is -4.43. The predicted octanol–water partition coefficient (Wildman–Crippen LogP) is 0.897. The topological polar surface area (TPSA) is 0 Å². The summed E-state index contributed by atoms with van der Waals surface area (Å²) in [5.41, 5.74) is 0. The summed E-state index contributed by atoms with van der Waals surface area (Å²) in [6.45, 7) is 1.51. The quantitative estimate of drug-likeness (QED) is 0.480. The second-order valence-corrected chi connectivity index (χ2v) is 1.37. The van der Waals surface area contributed by atoms with E-state index in [9.17, 15) is 13.2 Å². The van der Waals surface area contributed by atoms with Gasteiger partial charge in [0.2, 0.25) is 0 Å². The minimum atomic E-state index is -3.95. The Labute approximate surface area is 51.1 Å². The minimum Gasteiger partial charge on any atom is -0.171 e. The van der Waals surface area contributed by atoms with Crippen LogP contribution in [0.3, 0.4) is 0 Å². The molecule has 0 aromatic heterocycles. The normalized spacial score (nSPS) is 10.5. The second-order valence-electron chi connectivity index (χ2n) is 1.37. The summed E-state index contributed by atoms with van der Waals surface area (Å²) in [5, 5.41) is 0. The first-order chi connectivity index (χ1) is 3.06. The molecule has 52 valence electrons. The fraction of sp³-hybridized carbons (Fsp3) is 1.00. The smallest absolute Gasteiger partial charge is 0.171 e. The van der Waals surface area contributed by atoms with E-state index < -0.39 is 12.6 Å². The molecule has 0 rings (SSSR count). The van der Waals surface area contributed by atoms with Crippen molar-refractivity contribution in [2.24, 2.45) is 0 Å². The van der Waals surface area contributed by atoms with E-state index in [-0.39, 0.29) is 17.4 Å². The molecule has 0 aromatic carbocycles. The van der Waals surface area contributed by atoms with Crippen LogP contribution < -0.4 is 0 Å². The molecule has 0 N–H and O–H groups in total. The van der Waals surface area contributed by atoms with Gasteiger partial charge in [-0.05, 0) is 17.4 Å². The lowest BCUT2D eigenvalue weighted by Crippen LogP contribution is -2.04. The zero-order valence-electron chi connectivity index (χ0n) is 4.05. The van der Waals surface area contributed by atoms with Crippen molar-refractivity contribution in [3.05, 3.63) is 0 Å². The highest BCUT2D eigenvalue weighted by atomic mass is 28.1. The molecule has 0 aliphatic heterocycles. The summed E-state index contributed by atoms with van der Waals surface area (Å²) in [4.78, 5) is 0. The highest BCUT2D eigenvalue weighted by molar-refractivity contribution is 5.75. The summed E-state index contributed by atoms with van der Waals surface area (Å²) in [6, 6.07) is 0. The van der Waals surface area contributed by atoms with Crippen LogP contribution >= 0.6 is 0 Å². The molecule has 0 spiro atoms. The first kappa shape index (κ1) is 10.9. The molecule has 0 fully saturated rings. The van der Waals surface area contributed by atoms with Crippen molar-refractivity contribution in [3.63, 3.8) is 0 Å². The first-order valence-corrected chi connectivity index (χ1v) is 2.13. The van der Waals surface area contributed by atoms with Gasteiger partial charge in [0.1, 0.15) is 0 Å². The maximum atomic E-state index is 11.1. The van der Waals surface area contributed by atoms with Gasteiger partial charge in [-0.1, -0.05) is 6.92 Å². The zero-order valence-corrected chi connectivity index (χ0v) is 4.05. The third-order valence-electron chi connectivity index (χ3n) is 0.533. The van der Waals surface area contributed by atoms with Gasteiger partial charge in [-0.3, -0.25) is 0 Å². The molecular formula is C4H11F3Si. The molecule has 8 heavy (non-hydrogen) atoms. The van der Waals surface area contributed by atoms with E-state index in [0.29, 0.717) is 0 Å². The van der Waals surface area contributed by atoms with E-state index in [0.717, 1.165) is 0 Å². The Balaban J connectivity index is 0. The second kappa shape index (κ2) is 3.94. The largest absolute Gasteiger partial charge is 0.389 e. The fourth-order valence-corrected chi connectivity index (χ4v) is 0.283. The standard InChI is InChI=1S/C4H7F3.H4Si/c1-2-3-4(5,6)7;/h2-3H2,1H3;1H4. The van der Waals surface area contributed by atoms with Crippen LogP contribution in [-0.4, -0.2) is 17.1 Å². The van der Waals surface area contributed by atoms with Gasteiger partial charge in [-0.2, -0.15) is 13.2 Å². The molecule has 0 unspecified atom stereocenters. The highest BCUT2D eigenvalue weighted by Gasteiger charge is 2.24. The van der Waals surface area contributed by atoms with Gasteiger partial charge < -0.3 is 0 Å². The monoisotopic (exact) mass is 144 g/mol. The Bertz CT molecular complexity index is 49.7. The molecule has 0 amide bonds. The van der Waals surface area contributed by atoms with Gasteiger partial charge in [-0.15, -0.1) is 0 Å². The van der Waals surface area contributed by atoms with Crippen LogP contribution in [0.5, 0.6) is 0 Å². The van der Waals surface area contributed by atoms with Crippen LogP contribution in [-0.2, 0) is 0 Å². The van der Waals surface area contributed by atoms with E-state index in [1.807, 2.05) is 0 Å². The molecule has 0 aliphatic carbocycles. The van der Waals surface area contributed by atoms with Crippen LogP contribution in [0, 0.1) is 0 Å². The average Bonchev–Trinajstić information content (AvgIpc) is 1.30. The fourth-order valence-electron chi connectivity index (χ4n) is 0.283. The molecule has 0 bridgehead atoms. The van der Waals surface area contributed by atoms with Crippen molar-refractivity contribution in [2.75, 3.05) is 0 Å². The van der Waals surface area contributed by atoms with Crippen LogP contribution in [0.1, 0.15) is 19.8 Å². The lowest BCUT2D eigenvalue weighted by atomic mass is 10.3. The van der Waals surface area contributed by atoms with Gasteiger partial charge in [0.25, 0.3) is 0 Å². The number of hydrogen-bond donors (Lipinski definition) is 0. The molecule has 0 heterocycles. The lowest BCUT2D eigenvalue weighted by molar-refractivity contribution is -0.134. The Hall–Kier alpha value is 0.00688. The van der Waals surface area contributed by atoms with E-state index in [4.69, 9.17) is 0 Å². The first-order valence-electron chi connectivity index (χ1n) is 2.13. The molecule has 4 heteroatoms. The molecule has 0 atom stereocenters. The lowest BCUT2D eigenvalue weighted by Gasteiger charge is -2.00. The van der Waals surface area contributed by atoms with E-state index >= 15 is 0 Å². The van der Waals surface area contributed by atoms with Crippen molar-refractivity contribution >= 4 is 11.0 Å². The molecular weight excluding hydrogens is 133 g/mol. The maximum absolute atomic E-state index is 11.1. The molecule has 0 radical (unpaired) electrons. The van der Waals surface area contributed by atoms with E-state index in [2.05, 4.69) is 0 Å². The van der Waals surface area contributed by atoms with Crippen LogP contribution in [0.4, 0.5) is 13.2 Å². The summed E-state index contributed by atoms with van der Waals surface area (Å²) >= 11 is 0. The number of alkyl halides is 3. The molecule has 0 saturated heterocycles. The van der Waals surface area contributed by atoms with Crippen molar-refractivity contribution in [1.29, 1.82) is 0 Å². The van der Waals surface area contributed by atoms with Gasteiger partial charge in [-0.25, -0.2) is 0 Å². The van der Waals surface area contributed by atoms with Crippen molar-refractivity contribution in [1.82, 2.24) is 0 Å². The summed E-state index contributed by atoms with van der Waals surface area (Å²) < 4.78 is 33.2. The number of hydrogen-bond acceptors (Lipinski definition) is 0. The summed E-state index contributed by atoms with van der Waals surface area (Å²) in [5.74, 6) is 0. The summed E-state index contributed by atoms with van der Waals surface area (Å²) in [7, 11) is 0. The molecule has 0 saturated carbocycles. The predicted molar refractivity (Wildman–Crippen MR) is 32.3 cm³/mol. The van der Waals surface area contributed by atoms with Crippen molar-refractivity contribution in [2.45, 2.75) is 25.9 Å². The van der Waals surface area contributed by atoms with Crippen LogP contribution in [0.2, 0.25) is 0 Å². The van der Waals surface area contributed by atoms with Gasteiger partial charge in [0, 0.05) is 6.42 Å². The minimum absolute atomic E-state index is 0. The third-order valence-corrected chi connectivity index (χ3v) is 0.533. The van der Waals surface area contributed by atoms with Crippen LogP contribution in [0.25, 0.3) is 0 Å². The third kappa shape index (κ3) is 9.38. The molecule has 0 aliphatic rings. The van der Waals surface area contributed by atoms with Crippen molar-refractivity contribution < 1.29 is 13.2 Å². The van der Waals surface area contributed by atoms with E-state index in [1.165, 1.54) is 6.92 Å². The highest BCUT2D eigenvalue weighted by Crippen LogP contribution is 2.20. The Kier molecular flexibility index (Phi) is 5.37. The molecule has 0 aromatic rings. The Morgan fingerprint density at radius 3 is 1.62 bits per heavy atom. The van der Waals surface area contributed by atoms with Gasteiger partial charge in [0.05, 0.1) is 0 Å². The van der Waals surface area contributed by atoms with Gasteiger partial charge in [0.15, 0.2) is 0 Å². The Morgan fingerprint density at radius 1 is 1.25 bits per heavy atom. The SMILES string of the molecule is CCCC(F)(F)F.[SiH4]. The zero-order chi connectivity index (χ0) is 5.91. The van der Waals surface area contributed by atoms with Crippen LogP contribution in [0.15, 0.2) is 0 Å². The molecule has 0 nitrogen and oxygen atoms in total. The number of rotatable bonds is 1. The average molecular weight is 144 g/mol.